The van der Waals surface area contributed by atoms with E-state index < -0.39 is 0 Å². The molecule has 0 saturated carbocycles. The molecule has 1 aliphatic rings. The summed E-state index contributed by atoms with van der Waals surface area (Å²) in [6.07, 6.45) is 0. The van der Waals surface area contributed by atoms with Crippen molar-refractivity contribution >= 4 is 86.7 Å². The summed E-state index contributed by atoms with van der Waals surface area (Å²) in [6, 6.07) is 59.2. The number of hydrogen-bond acceptors (Lipinski definition) is 0. The Labute approximate surface area is 286 Å². The summed E-state index contributed by atoms with van der Waals surface area (Å²) in [5, 5.41) is 15.7. The van der Waals surface area contributed by atoms with E-state index in [4.69, 9.17) is 0 Å². The molecule has 0 amide bonds. The molecule has 1 aliphatic carbocycles. The lowest BCUT2D eigenvalue weighted by Gasteiger charge is -2.26. The van der Waals surface area contributed by atoms with E-state index in [9.17, 15) is 0 Å². The summed E-state index contributed by atoms with van der Waals surface area (Å²) in [5.41, 5.74) is 12.8. The molecule has 13 rings (SSSR count). The molecule has 0 aliphatic heterocycles. The highest BCUT2D eigenvalue weighted by Crippen LogP contribution is 2.51. The van der Waals surface area contributed by atoms with Gasteiger partial charge in [0.25, 0.3) is 0 Å². The van der Waals surface area contributed by atoms with Gasteiger partial charge < -0.3 is 9.13 Å². The fraction of sp³-hybridized carbons (Fsp3) is 0. The maximum absolute atomic E-state index is 2.45. The topological polar surface area (TPSA) is 9.86 Å². The normalized spacial score (nSPS) is 12.8. The van der Waals surface area contributed by atoms with E-state index in [2.05, 4.69) is 167 Å². The molecule has 50 heavy (non-hydrogen) atoms. The molecular weight excluding hydrogens is 605 g/mol. The maximum atomic E-state index is 2.45. The van der Waals surface area contributed by atoms with Gasteiger partial charge in [0.05, 0.1) is 22.1 Å². The molecule has 228 valence electrons. The van der Waals surface area contributed by atoms with E-state index in [1.54, 1.807) is 0 Å². The maximum Gasteiger partial charge on any atom is 0.0547 e. The lowest BCUT2D eigenvalue weighted by Crippen LogP contribution is -2.00. The van der Waals surface area contributed by atoms with Gasteiger partial charge >= 0.3 is 0 Å². The molecule has 0 bridgehead atoms. The predicted molar refractivity (Wildman–Crippen MR) is 212 cm³/mol. The van der Waals surface area contributed by atoms with Crippen molar-refractivity contribution < 1.29 is 0 Å². The van der Waals surface area contributed by atoms with Crippen LogP contribution in [-0.4, -0.2) is 9.13 Å². The number of hydrogen-bond donors (Lipinski definition) is 0. The minimum atomic E-state index is 1.20. The first-order chi connectivity index (χ1) is 24.8. The molecule has 2 aromatic heterocycles. The summed E-state index contributed by atoms with van der Waals surface area (Å²) in [5.74, 6) is 0. The average Bonchev–Trinajstić information content (AvgIpc) is 3.69. The Hall–Kier alpha value is -6.64. The molecule has 0 radical (unpaired) electrons. The first kappa shape index (κ1) is 25.4. The van der Waals surface area contributed by atoms with Crippen molar-refractivity contribution in [1.82, 2.24) is 9.13 Å². The van der Waals surface area contributed by atoms with E-state index in [0.717, 1.165) is 0 Å². The summed E-state index contributed by atoms with van der Waals surface area (Å²) >= 11 is 0. The molecule has 10 aromatic carbocycles. The second-order valence-electron chi connectivity index (χ2n) is 14.2. The summed E-state index contributed by atoms with van der Waals surface area (Å²) in [4.78, 5) is 0. The minimum absolute atomic E-state index is 1.20. The Morgan fingerprint density at radius 2 is 0.540 bits per heavy atom. The van der Waals surface area contributed by atoms with Crippen LogP contribution in [0.15, 0.2) is 158 Å². The second kappa shape index (κ2) is 8.68. The van der Waals surface area contributed by atoms with Gasteiger partial charge in [0.1, 0.15) is 0 Å². The molecule has 0 unspecified atom stereocenters. The summed E-state index contributed by atoms with van der Waals surface area (Å²) < 4.78 is 4.89. The predicted octanol–water partition coefficient (Wildman–Crippen LogP) is 13.0. The highest BCUT2D eigenvalue weighted by molar-refractivity contribution is 6.25. The highest BCUT2D eigenvalue weighted by Gasteiger charge is 2.25. The lowest BCUT2D eigenvalue weighted by molar-refractivity contribution is 1.19. The van der Waals surface area contributed by atoms with E-state index >= 15 is 0 Å². The zero-order chi connectivity index (χ0) is 32.2. The van der Waals surface area contributed by atoms with Gasteiger partial charge in [-0.1, -0.05) is 84.9 Å². The number of benzene rings is 10. The van der Waals surface area contributed by atoms with Crippen LogP contribution in [0, 0.1) is 0 Å². The lowest BCUT2D eigenvalue weighted by atomic mass is 9.78. The Balaban J connectivity index is 0.960. The Kier molecular flexibility index (Phi) is 4.41. The van der Waals surface area contributed by atoms with Gasteiger partial charge in [-0.15, -0.1) is 0 Å². The number of rotatable bonds is 2. The molecule has 0 spiro atoms. The fourth-order valence-electron chi connectivity index (χ4n) is 9.47. The molecule has 0 atom stereocenters. The zero-order valence-corrected chi connectivity index (χ0v) is 26.9. The van der Waals surface area contributed by atoms with Gasteiger partial charge in [0, 0.05) is 32.9 Å². The third-order valence-corrected chi connectivity index (χ3v) is 11.7. The van der Waals surface area contributed by atoms with E-state index in [1.165, 1.54) is 120 Å². The zero-order valence-electron chi connectivity index (χ0n) is 26.9. The third-order valence-electron chi connectivity index (χ3n) is 11.7. The van der Waals surface area contributed by atoms with Crippen LogP contribution < -0.4 is 0 Å². The van der Waals surface area contributed by atoms with Crippen molar-refractivity contribution in [3.05, 3.63) is 158 Å². The number of fused-ring (bicyclic) bond motifs is 6. The van der Waals surface area contributed by atoms with Crippen LogP contribution in [0.4, 0.5) is 0 Å². The molecule has 2 nitrogen and oxygen atoms in total. The molecule has 0 saturated heterocycles. The average molecular weight is 631 g/mol. The van der Waals surface area contributed by atoms with Crippen LogP contribution in [0.3, 0.4) is 0 Å². The van der Waals surface area contributed by atoms with Crippen LogP contribution in [0.25, 0.3) is 120 Å². The molecule has 0 fully saturated rings. The molecule has 2 heteroatoms. The summed E-state index contributed by atoms with van der Waals surface area (Å²) in [6.45, 7) is 0. The SMILES string of the molecule is c1cc2ccc3cccc4c3c2c(c1)n4-c1ccc2cc3c(cc2c1)-c1cc2ccc(-n4c5cccc6ccc7cccc4c7c65)cc2cc1-3. The van der Waals surface area contributed by atoms with Crippen molar-refractivity contribution in [2.75, 3.05) is 0 Å². The van der Waals surface area contributed by atoms with Crippen LogP contribution in [0.2, 0.25) is 0 Å². The quantitative estimate of drug-likeness (QED) is 0.168. The monoisotopic (exact) mass is 630 g/mol. The number of aromatic nitrogens is 2. The smallest absolute Gasteiger partial charge is 0.0547 e. The third kappa shape index (κ3) is 3.02. The Bertz CT molecular complexity index is 3050. The molecule has 12 aromatic rings. The van der Waals surface area contributed by atoms with Gasteiger partial charge in [0.2, 0.25) is 0 Å². The van der Waals surface area contributed by atoms with E-state index in [-0.39, 0.29) is 0 Å². The van der Waals surface area contributed by atoms with Gasteiger partial charge in [-0.2, -0.15) is 0 Å². The van der Waals surface area contributed by atoms with Crippen molar-refractivity contribution in [3.63, 3.8) is 0 Å². The second-order valence-corrected chi connectivity index (χ2v) is 14.2. The van der Waals surface area contributed by atoms with Crippen LogP contribution in [-0.2, 0) is 0 Å². The summed E-state index contributed by atoms with van der Waals surface area (Å²) in [7, 11) is 0. The van der Waals surface area contributed by atoms with Crippen LogP contribution in [0.1, 0.15) is 0 Å². The minimum Gasteiger partial charge on any atom is -0.309 e. The van der Waals surface area contributed by atoms with Crippen molar-refractivity contribution in [2.45, 2.75) is 0 Å². The molecule has 2 heterocycles. The van der Waals surface area contributed by atoms with Crippen LogP contribution >= 0.6 is 0 Å². The highest BCUT2D eigenvalue weighted by atomic mass is 15.0. The van der Waals surface area contributed by atoms with Gasteiger partial charge in [-0.3, -0.25) is 0 Å². The van der Waals surface area contributed by atoms with E-state index in [1.807, 2.05) is 0 Å². The van der Waals surface area contributed by atoms with Gasteiger partial charge in [-0.05, 0) is 138 Å². The molecule has 0 N–H and O–H groups in total. The largest absolute Gasteiger partial charge is 0.309 e. The van der Waals surface area contributed by atoms with Crippen LogP contribution in [0.5, 0.6) is 0 Å². The first-order valence-corrected chi connectivity index (χ1v) is 17.4. The Morgan fingerprint density at radius 1 is 0.240 bits per heavy atom. The van der Waals surface area contributed by atoms with E-state index in [0.29, 0.717) is 0 Å². The standard InChI is InChI=1S/C48H26N2/c1-5-27-13-14-28-6-2-10-42-46(28)45(27)41(9-1)49(42)35-19-17-31-23-37-39(25-33(31)21-35)38-24-32-18-20-36(22-34(32)26-40(37)38)50-43-11-3-7-29-15-16-30-8-4-12-44(50)48(30)47(29)43/h1-26H. The number of nitrogens with zero attached hydrogens (tertiary/aromatic N) is 2. The van der Waals surface area contributed by atoms with Crippen molar-refractivity contribution in [2.24, 2.45) is 0 Å². The van der Waals surface area contributed by atoms with Gasteiger partial charge in [0.15, 0.2) is 0 Å². The van der Waals surface area contributed by atoms with Crippen molar-refractivity contribution in [1.29, 1.82) is 0 Å². The Morgan fingerprint density at radius 3 is 0.880 bits per heavy atom. The molecular formula is C48H26N2. The van der Waals surface area contributed by atoms with Gasteiger partial charge in [-0.25, -0.2) is 0 Å². The first-order valence-electron chi connectivity index (χ1n) is 17.4. The van der Waals surface area contributed by atoms with Crippen molar-refractivity contribution in [3.8, 4) is 33.6 Å². The fourth-order valence-corrected chi connectivity index (χ4v) is 9.47.